The van der Waals surface area contributed by atoms with Crippen molar-refractivity contribution in [2.45, 2.75) is 6.92 Å². The van der Waals surface area contributed by atoms with Crippen LogP contribution in [-0.2, 0) is 0 Å². The van der Waals surface area contributed by atoms with Crippen molar-refractivity contribution in [1.82, 2.24) is 0 Å². The van der Waals surface area contributed by atoms with Gasteiger partial charge in [-0.2, -0.15) is 0 Å². The number of ether oxygens (including phenoxy) is 1. The van der Waals surface area contributed by atoms with Crippen LogP contribution < -0.4 is 15.8 Å². The molecule has 0 spiro atoms. The smallest absolute Gasteiger partial charge is 0.146 e. The number of hydrogen-bond donors (Lipinski definition) is 2. The Morgan fingerprint density at radius 3 is 2.65 bits per heavy atom. The average Bonchev–Trinajstić information content (AvgIpc) is 2.42. The molecule has 0 atom stereocenters. The minimum atomic E-state index is -0.332. The summed E-state index contributed by atoms with van der Waals surface area (Å²) >= 11 is 5.01. The van der Waals surface area contributed by atoms with Gasteiger partial charge < -0.3 is 15.8 Å². The summed E-state index contributed by atoms with van der Waals surface area (Å²) in [6.07, 6.45) is 0. The highest BCUT2D eigenvalue weighted by Crippen LogP contribution is 2.29. The number of anilines is 2. The standard InChI is InChI=1S/C15H15FN2OS/c1-9-4-3-5-12(16)14(9)18-13-8-10(19-2)6-7-11(13)15(17)20/h3-8,18H,1-2H3,(H2,17,20). The highest BCUT2D eigenvalue weighted by molar-refractivity contribution is 7.80. The largest absolute Gasteiger partial charge is 0.497 e. The maximum absolute atomic E-state index is 13.9. The first-order valence-electron chi connectivity index (χ1n) is 6.03. The first-order valence-corrected chi connectivity index (χ1v) is 6.43. The number of aryl methyl sites for hydroxylation is 1. The van der Waals surface area contributed by atoms with Crippen molar-refractivity contribution in [2.24, 2.45) is 5.73 Å². The number of para-hydroxylation sites is 1. The molecule has 0 unspecified atom stereocenters. The molecule has 2 aromatic carbocycles. The van der Waals surface area contributed by atoms with Gasteiger partial charge in [0.1, 0.15) is 16.6 Å². The number of nitrogens with one attached hydrogen (secondary N) is 1. The van der Waals surface area contributed by atoms with Crippen LogP contribution in [0.3, 0.4) is 0 Å². The summed E-state index contributed by atoms with van der Waals surface area (Å²) in [5, 5.41) is 3.04. The molecular weight excluding hydrogens is 275 g/mol. The maximum Gasteiger partial charge on any atom is 0.146 e. The highest BCUT2D eigenvalue weighted by atomic mass is 32.1. The molecule has 0 bridgehead atoms. The summed E-state index contributed by atoms with van der Waals surface area (Å²) in [4.78, 5) is 0.240. The molecule has 0 aliphatic carbocycles. The van der Waals surface area contributed by atoms with Crippen molar-refractivity contribution in [2.75, 3.05) is 12.4 Å². The second-order valence-electron chi connectivity index (χ2n) is 4.33. The third-order valence-corrected chi connectivity index (χ3v) is 3.19. The van der Waals surface area contributed by atoms with E-state index in [1.54, 1.807) is 31.4 Å². The van der Waals surface area contributed by atoms with Crippen molar-refractivity contribution >= 4 is 28.6 Å². The fourth-order valence-electron chi connectivity index (χ4n) is 1.89. The maximum atomic E-state index is 13.9. The van der Waals surface area contributed by atoms with Gasteiger partial charge in [-0.15, -0.1) is 0 Å². The Kier molecular flexibility index (Phi) is 4.20. The van der Waals surface area contributed by atoms with Crippen LogP contribution in [0.5, 0.6) is 5.75 Å². The molecule has 0 saturated heterocycles. The number of rotatable bonds is 4. The molecule has 3 nitrogen and oxygen atoms in total. The van der Waals surface area contributed by atoms with E-state index in [2.05, 4.69) is 5.32 Å². The Labute approximate surface area is 122 Å². The van der Waals surface area contributed by atoms with E-state index in [0.717, 1.165) is 5.56 Å². The lowest BCUT2D eigenvalue weighted by Gasteiger charge is -2.15. The van der Waals surface area contributed by atoms with Crippen LogP contribution in [0.25, 0.3) is 0 Å². The van der Waals surface area contributed by atoms with Crippen LogP contribution >= 0.6 is 12.2 Å². The van der Waals surface area contributed by atoms with Gasteiger partial charge in [0, 0.05) is 11.6 Å². The molecule has 0 aliphatic rings. The predicted molar refractivity (Wildman–Crippen MR) is 83.3 cm³/mol. The van der Waals surface area contributed by atoms with Crippen molar-refractivity contribution in [3.63, 3.8) is 0 Å². The Balaban J connectivity index is 2.49. The molecule has 3 N–H and O–H groups in total. The highest BCUT2D eigenvalue weighted by Gasteiger charge is 2.11. The molecule has 0 aromatic heterocycles. The number of thiocarbonyl (C=S) groups is 1. The van der Waals surface area contributed by atoms with Gasteiger partial charge in [-0.25, -0.2) is 4.39 Å². The second kappa shape index (κ2) is 5.88. The van der Waals surface area contributed by atoms with E-state index in [-0.39, 0.29) is 10.8 Å². The lowest BCUT2D eigenvalue weighted by molar-refractivity contribution is 0.415. The summed E-state index contributed by atoms with van der Waals surface area (Å²) < 4.78 is 19.1. The van der Waals surface area contributed by atoms with E-state index in [9.17, 15) is 4.39 Å². The SMILES string of the molecule is COc1ccc(C(N)=S)c(Nc2c(C)cccc2F)c1. The lowest BCUT2D eigenvalue weighted by Crippen LogP contribution is -2.12. The van der Waals surface area contributed by atoms with Gasteiger partial charge in [-0.1, -0.05) is 24.4 Å². The molecule has 0 radical (unpaired) electrons. The molecule has 0 aliphatic heterocycles. The van der Waals surface area contributed by atoms with Crippen LogP contribution in [0.1, 0.15) is 11.1 Å². The fourth-order valence-corrected chi connectivity index (χ4v) is 2.07. The van der Waals surface area contributed by atoms with Gasteiger partial charge in [0.25, 0.3) is 0 Å². The van der Waals surface area contributed by atoms with Gasteiger partial charge in [0.2, 0.25) is 0 Å². The molecule has 20 heavy (non-hydrogen) atoms. The zero-order chi connectivity index (χ0) is 14.7. The van der Waals surface area contributed by atoms with Gasteiger partial charge >= 0.3 is 0 Å². The second-order valence-corrected chi connectivity index (χ2v) is 4.77. The molecule has 104 valence electrons. The van der Waals surface area contributed by atoms with E-state index >= 15 is 0 Å². The molecular formula is C15H15FN2OS. The summed E-state index contributed by atoms with van der Waals surface area (Å²) in [6.45, 7) is 1.83. The molecule has 0 amide bonds. The summed E-state index contributed by atoms with van der Waals surface area (Å²) in [7, 11) is 1.56. The minimum absolute atomic E-state index is 0.240. The topological polar surface area (TPSA) is 47.3 Å². The summed E-state index contributed by atoms with van der Waals surface area (Å²) in [6, 6.07) is 10.1. The first kappa shape index (κ1) is 14.3. The minimum Gasteiger partial charge on any atom is -0.497 e. The Morgan fingerprint density at radius 1 is 1.30 bits per heavy atom. The Hall–Kier alpha value is -2.14. The zero-order valence-corrected chi connectivity index (χ0v) is 12.1. The van der Waals surface area contributed by atoms with Crippen molar-refractivity contribution in [3.8, 4) is 5.75 Å². The lowest BCUT2D eigenvalue weighted by atomic mass is 10.1. The quantitative estimate of drug-likeness (QED) is 0.846. The third-order valence-electron chi connectivity index (χ3n) is 2.97. The van der Waals surface area contributed by atoms with Crippen LogP contribution in [0.15, 0.2) is 36.4 Å². The van der Waals surface area contributed by atoms with E-state index < -0.39 is 0 Å². The summed E-state index contributed by atoms with van der Waals surface area (Å²) in [5.74, 6) is 0.309. The van der Waals surface area contributed by atoms with Gasteiger partial charge in [0.05, 0.1) is 18.5 Å². The van der Waals surface area contributed by atoms with Crippen molar-refractivity contribution < 1.29 is 9.13 Å². The number of halogens is 1. The van der Waals surface area contributed by atoms with Crippen molar-refractivity contribution in [3.05, 3.63) is 53.3 Å². The van der Waals surface area contributed by atoms with E-state index in [4.69, 9.17) is 22.7 Å². The molecule has 0 saturated carbocycles. The predicted octanol–water partition coefficient (Wildman–Crippen LogP) is 3.52. The molecule has 2 aromatic rings. The van der Waals surface area contributed by atoms with Crippen LogP contribution in [-0.4, -0.2) is 12.1 Å². The number of benzene rings is 2. The molecule has 2 rings (SSSR count). The Bertz CT molecular complexity index is 638. The zero-order valence-electron chi connectivity index (χ0n) is 11.2. The third kappa shape index (κ3) is 2.88. The normalized spacial score (nSPS) is 10.2. The van der Waals surface area contributed by atoms with Gasteiger partial charge in [0.15, 0.2) is 0 Å². The number of methoxy groups -OCH3 is 1. The van der Waals surface area contributed by atoms with Crippen LogP contribution in [0.4, 0.5) is 15.8 Å². The van der Waals surface area contributed by atoms with Crippen LogP contribution in [0.2, 0.25) is 0 Å². The summed E-state index contributed by atoms with van der Waals surface area (Å²) in [5.41, 5.74) is 8.15. The van der Waals surface area contributed by atoms with Gasteiger partial charge in [-0.05, 0) is 30.7 Å². The van der Waals surface area contributed by atoms with E-state index in [1.165, 1.54) is 6.07 Å². The molecule has 5 heteroatoms. The van der Waals surface area contributed by atoms with Crippen molar-refractivity contribution in [1.29, 1.82) is 0 Å². The average molecular weight is 290 g/mol. The number of nitrogens with two attached hydrogens (primary N) is 1. The van der Waals surface area contributed by atoms with Crippen LogP contribution in [0, 0.1) is 12.7 Å². The Morgan fingerprint density at radius 2 is 2.05 bits per heavy atom. The first-order chi connectivity index (χ1) is 9.52. The molecule has 0 fully saturated rings. The van der Waals surface area contributed by atoms with E-state index in [0.29, 0.717) is 22.7 Å². The monoisotopic (exact) mass is 290 g/mol. The van der Waals surface area contributed by atoms with E-state index in [1.807, 2.05) is 13.0 Å². The fraction of sp³-hybridized carbons (Fsp3) is 0.133. The number of hydrogen-bond acceptors (Lipinski definition) is 3. The molecule has 0 heterocycles. The van der Waals surface area contributed by atoms with Gasteiger partial charge in [-0.3, -0.25) is 0 Å².